The monoisotopic (exact) mass is 288 g/mol. The molecule has 2 heterocycles. The molecule has 0 spiro atoms. The average Bonchev–Trinajstić information content (AvgIpc) is 2.96. The van der Waals surface area contributed by atoms with Crippen LogP contribution in [0.2, 0.25) is 0 Å². The first kappa shape index (κ1) is 14.5. The summed E-state index contributed by atoms with van der Waals surface area (Å²) in [6.07, 6.45) is 2.22. The molecule has 1 unspecified atom stereocenters. The van der Waals surface area contributed by atoms with E-state index in [-0.39, 0.29) is 0 Å². The van der Waals surface area contributed by atoms with E-state index in [1.807, 2.05) is 18.3 Å². The fourth-order valence-corrected chi connectivity index (χ4v) is 3.07. The van der Waals surface area contributed by atoms with Crippen LogP contribution < -0.4 is 0 Å². The first-order valence-electron chi connectivity index (χ1n) is 7.66. The van der Waals surface area contributed by atoms with Gasteiger partial charge in [0.05, 0.1) is 17.8 Å². The predicted octanol–water partition coefficient (Wildman–Crippen LogP) is 1.54. The van der Waals surface area contributed by atoms with Crippen LogP contribution in [0.3, 0.4) is 0 Å². The standard InChI is InChI=1S/C16H24N4O/c1-12-13(3-4-15-14(12)11-17-18-15)16(21)5-6-20-9-7-19(2)8-10-20/h3-4,11,16,21H,5-10H2,1-2H3,(H,17,18). The molecule has 1 aromatic carbocycles. The number of nitrogens with one attached hydrogen (secondary N) is 1. The van der Waals surface area contributed by atoms with Gasteiger partial charge in [0.2, 0.25) is 0 Å². The number of fused-ring (bicyclic) bond motifs is 1. The highest BCUT2D eigenvalue weighted by Gasteiger charge is 2.17. The Labute approximate surface area is 125 Å². The van der Waals surface area contributed by atoms with Crippen molar-refractivity contribution in [3.63, 3.8) is 0 Å². The number of piperazine rings is 1. The molecular formula is C16H24N4O. The molecule has 1 atom stereocenters. The fourth-order valence-electron chi connectivity index (χ4n) is 3.07. The lowest BCUT2D eigenvalue weighted by Gasteiger charge is -2.32. The molecule has 21 heavy (non-hydrogen) atoms. The van der Waals surface area contributed by atoms with Gasteiger partial charge in [-0.1, -0.05) is 6.07 Å². The molecule has 1 aliphatic rings. The van der Waals surface area contributed by atoms with Gasteiger partial charge < -0.3 is 14.9 Å². The van der Waals surface area contributed by atoms with Gasteiger partial charge in [0.15, 0.2) is 0 Å². The quantitative estimate of drug-likeness (QED) is 0.896. The Hall–Kier alpha value is -1.43. The summed E-state index contributed by atoms with van der Waals surface area (Å²) < 4.78 is 0. The minimum absolute atomic E-state index is 0.399. The van der Waals surface area contributed by atoms with Gasteiger partial charge in [-0.25, -0.2) is 0 Å². The van der Waals surface area contributed by atoms with E-state index in [1.165, 1.54) is 0 Å². The van der Waals surface area contributed by atoms with Crippen molar-refractivity contribution in [1.82, 2.24) is 20.0 Å². The van der Waals surface area contributed by atoms with Crippen LogP contribution in [0, 0.1) is 6.92 Å². The lowest BCUT2D eigenvalue weighted by atomic mass is 9.98. The van der Waals surface area contributed by atoms with Crippen molar-refractivity contribution in [3.05, 3.63) is 29.5 Å². The zero-order valence-electron chi connectivity index (χ0n) is 12.8. The molecule has 0 aliphatic carbocycles. The van der Waals surface area contributed by atoms with Gasteiger partial charge in [0.1, 0.15) is 0 Å². The topological polar surface area (TPSA) is 55.4 Å². The second kappa shape index (κ2) is 6.13. The first-order valence-corrected chi connectivity index (χ1v) is 7.66. The second-order valence-corrected chi connectivity index (χ2v) is 6.06. The molecule has 2 aromatic rings. The number of hydrogen-bond donors (Lipinski definition) is 2. The van der Waals surface area contributed by atoms with E-state index in [1.54, 1.807) is 0 Å². The maximum Gasteiger partial charge on any atom is 0.0805 e. The van der Waals surface area contributed by atoms with Gasteiger partial charge in [0.25, 0.3) is 0 Å². The van der Waals surface area contributed by atoms with Gasteiger partial charge >= 0.3 is 0 Å². The highest BCUT2D eigenvalue weighted by Crippen LogP contribution is 2.26. The number of H-pyrrole nitrogens is 1. The third-order valence-electron chi connectivity index (χ3n) is 4.61. The molecule has 1 fully saturated rings. The molecule has 0 amide bonds. The molecule has 0 bridgehead atoms. The van der Waals surface area contributed by atoms with Crippen molar-refractivity contribution in [1.29, 1.82) is 0 Å². The largest absolute Gasteiger partial charge is 0.388 e. The maximum absolute atomic E-state index is 10.5. The highest BCUT2D eigenvalue weighted by atomic mass is 16.3. The Morgan fingerprint density at radius 3 is 2.81 bits per heavy atom. The first-order chi connectivity index (χ1) is 10.1. The molecule has 1 saturated heterocycles. The number of aromatic nitrogens is 2. The lowest BCUT2D eigenvalue weighted by Crippen LogP contribution is -2.44. The van der Waals surface area contributed by atoms with E-state index in [0.717, 1.165) is 61.2 Å². The zero-order chi connectivity index (χ0) is 14.8. The minimum atomic E-state index is -0.399. The smallest absolute Gasteiger partial charge is 0.0805 e. The van der Waals surface area contributed by atoms with Gasteiger partial charge in [-0.3, -0.25) is 5.10 Å². The summed E-state index contributed by atoms with van der Waals surface area (Å²) >= 11 is 0. The number of aromatic amines is 1. The van der Waals surface area contributed by atoms with Crippen molar-refractivity contribution in [3.8, 4) is 0 Å². The van der Waals surface area contributed by atoms with E-state index >= 15 is 0 Å². The summed E-state index contributed by atoms with van der Waals surface area (Å²) in [6.45, 7) is 7.46. The van der Waals surface area contributed by atoms with Crippen molar-refractivity contribution < 1.29 is 5.11 Å². The minimum Gasteiger partial charge on any atom is -0.388 e. The lowest BCUT2D eigenvalue weighted by molar-refractivity contribution is 0.112. The van der Waals surface area contributed by atoms with Crippen molar-refractivity contribution in [2.45, 2.75) is 19.4 Å². The van der Waals surface area contributed by atoms with Crippen LogP contribution in [0.5, 0.6) is 0 Å². The molecule has 2 N–H and O–H groups in total. The van der Waals surface area contributed by atoms with Gasteiger partial charge in [-0.05, 0) is 37.6 Å². The Kier molecular flexibility index (Phi) is 4.24. The second-order valence-electron chi connectivity index (χ2n) is 6.06. The molecule has 5 nitrogen and oxygen atoms in total. The third kappa shape index (κ3) is 3.10. The number of rotatable bonds is 4. The molecule has 1 aliphatic heterocycles. The van der Waals surface area contributed by atoms with Crippen LogP contribution in [-0.2, 0) is 0 Å². The SMILES string of the molecule is Cc1c(C(O)CCN2CCN(C)CC2)ccc2[nH]ncc12. The molecule has 0 saturated carbocycles. The van der Waals surface area contributed by atoms with Crippen molar-refractivity contribution in [2.24, 2.45) is 0 Å². The summed E-state index contributed by atoms with van der Waals surface area (Å²) in [4.78, 5) is 4.79. The van der Waals surface area contributed by atoms with Crippen LogP contribution in [0.1, 0.15) is 23.7 Å². The van der Waals surface area contributed by atoms with Gasteiger partial charge in [0, 0.05) is 38.1 Å². The predicted molar refractivity (Wildman–Crippen MR) is 84.3 cm³/mol. The Bertz CT molecular complexity index is 601. The van der Waals surface area contributed by atoms with Gasteiger partial charge in [-0.2, -0.15) is 5.10 Å². The number of likely N-dealkylation sites (N-methyl/N-ethyl adjacent to an activating group) is 1. The van der Waals surface area contributed by atoms with Gasteiger partial charge in [-0.15, -0.1) is 0 Å². The Balaban J connectivity index is 1.64. The Morgan fingerprint density at radius 2 is 2.05 bits per heavy atom. The van der Waals surface area contributed by atoms with Crippen molar-refractivity contribution in [2.75, 3.05) is 39.8 Å². The Morgan fingerprint density at radius 1 is 1.29 bits per heavy atom. The van der Waals surface area contributed by atoms with Crippen LogP contribution in [-0.4, -0.2) is 64.9 Å². The summed E-state index contributed by atoms with van der Waals surface area (Å²) in [5.74, 6) is 0. The van der Waals surface area contributed by atoms with E-state index in [2.05, 4.69) is 34.0 Å². The number of benzene rings is 1. The fraction of sp³-hybridized carbons (Fsp3) is 0.562. The molecule has 114 valence electrons. The van der Waals surface area contributed by atoms with Crippen LogP contribution in [0.25, 0.3) is 10.9 Å². The normalized spacial score (nSPS) is 19.2. The molecular weight excluding hydrogens is 264 g/mol. The number of hydrogen-bond acceptors (Lipinski definition) is 4. The maximum atomic E-state index is 10.5. The van der Waals surface area contributed by atoms with E-state index in [4.69, 9.17) is 0 Å². The number of nitrogens with zero attached hydrogens (tertiary/aromatic N) is 3. The van der Waals surface area contributed by atoms with Crippen LogP contribution in [0.15, 0.2) is 18.3 Å². The molecule has 0 radical (unpaired) electrons. The molecule has 1 aromatic heterocycles. The average molecular weight is 288 g/mol. The van der Waals surface area contributed by atoms with E-state index < -0.39 is 6.10 Å². The molecule has 3 rings (SSSR count). The van der Waals surface area contributed by atoms with Crippen LogP contribution >= 0.6 is 0 Å². The number of aliphatic hydroxyl groups excluding tert-OH is 1. The summed E-state index contributed by atoms with van der Waals surface area (Å²) in [5, 5.41) is 18.7. The van der Waals surface area contributed by atoms with Crippen LogP contribution in [0.4, 0.5) is 0 Å². The number of aryl methyl sites for hydroxylation is 1. The zero-order valence-corrected chi connectivity index (χ0v) is 12.8. The summed E-state index contributed by atoms with van der Waals surface area (Å²) in [7, 11) is 2.16. The van der Waals surface area contributed by atoms with E-state index in [0.29, 0.717) is 0 Å². The summed E-state index contributed by atoms with van der Waals surface area (Å²) in [5.41, 5.74) is 3.19. The van der Waals surface area contributed by atoms with E-state index in [9.17, 15) is 5.11 Å². The summed E-state index contributed by atoms with van der Waals surface area (Å²) in [6, 6.07) is 4.02. The molecule has 5 heteroatoms. The highest BCUT2D eigenvalue weighted by molar-refractivity contribution is 5.82. The number of aliphatic hydroxyl groups is 1. The van der Waals surface area contributed by atoms with Crippen molar-refractivity contribution >= 4 is 10.9 Å². The third-order valence-corrected chi connectivity index (χ3v) is 4.61.